The molecule has 11 nitrogen and oxygen atoms in total. The highest BCUT2D eigenvalue weighted by atomic mass is 16.5. The summed E-state index contributed by atoms with van der Waals surface area (Å²) in [6.45, 7) is 0.257. The van der Waals surface area contributed by atoms with Gasteiger partial charge in [0.2, 0.25) is 5.88 Å². The fourth-order valence-corrected chi connectivity index (χ4v) is 3.64. The Morgan fingerprint density at radius 1 is 1.03 bits per heavy atom. The standard InChI is InChI=1S/C25H21N5O6/c1-33-17-7-3-6-16(13-17)23-28-27-20-9-10-21(29-30(20)23)35-12-11-26-24(31)18-14-15-5-4-8-19(34-2)22(15)36-25(18)32/h3-10,13-14H,11-12H2,1-2H3,(H,26,31). The molecule has 0 saturated carbocycles. The van der Waals surface area contributed by atoms with Crippen molar-refractivity contribution in [2.75, 3.05) is 27.4 Å². The summed E-state index contributed by atoms with van der Waals surface area (Å²) in [5, 5.41) is 16.0. The van der Waals surface area contributed by atoms with Crippen LogP contribution < -0.4 is 25.2 Å². The second-order valence-corrected chi connectivity index (χ2v) is 7.63. The molecule has 36 heavy (non-hydrogen) atoms. The van der Waals surface area contributed by atoms with Crippen molar-refractivity contribution in [2.24, 2.45) is 0 Å². The topological polar surface area (TPSA) is 130 Å². The van der Waals surface area contributed by atoms with E-state index in [2.05, 4.69) is 20.6 Å². The van der Waals surface area contributed by atoms with Crippen molar-refractivity contribution in [2.45, 2.75) is 0 Å². The minimum absolute atomic E-state index is 0.109. The predicted octanol–water partition coefficient (Wildman–Crippen LogP) is 2.72. The summed E-state index contributed by atoms with van der Waals surface area (Å²) >= 11 is 0. The number of nitrogens with zero attached hydrogens (tertiary/aromatic N) is 4. The predicted molar refractivity (Wildman–Crippen MR) is 130 cm³/mol. The average Bonchev–Trinajstić information content (AvgIpc) is 3.33. The number of hydrogen-bond acceptors (Lipinski definition) is 9. The highest BCUT2D eigenvalue weighted by molar-refractivity contribution is 5.97. The molecule has 0 aliphatic heterocycles. The molecule has 0 aliphatic carbocycles. The molecule has 0 radical (unpaired) electrons. The van der Waals surface area contributed by atoms with Gasteiger partial charge in [0.15, 0.2) is 22.8 Å². The summed E-state index contributed by atoms with van der Waals surface area (Å²) in [6.07, 6.45) is 0. The summed E-state index contributed by atoms with van der Waals surface area (Å²) in [4.78, 5) is 24.9. The maximum atomic E-state index is 12.6. The number of amides is 1. The molecular weight excluding hydrogens is 466 g/mol. The van der Waals surface area contributed by atoms with Gasteiger partial charge in [0.1, 0.15) is 17.9 Å². The molecule has 5 rings (SSSR count). The van der Waals surface area contributed by atoms with E-state index in [1.807, 2.05) is 24.3 Å². The Balaban J connectivity index is 1.25. The second-order valence-electron chi connectivity index (χ2n) is 7.63. The van der Waals surface area contributed by atoms with Crippen LogP contribution in [0.1, 0.15) is 10.4 Å². The number of carbonyl (C=O) groups is 1. The van der Waals surface area contributed by atoms with Crippen LogP contribution in [0.5, 0.6) is 17.4 Å². The van der Waals surface area contributed by atoms with Crippen LogP contribution >= 0.6 is 0 Å². The number of methoxy groups -OCH3 is 2. The molecule has 11 heteroatoms. The Bertz CT molecular complexity index is 1630. The third-order valence-electron chi connectivity index (χ3n) is 5.39. The number of benzene rings is 2. The number of carbonyl (C=O) groups excluding carboxylic acids is 1. The van der Waals surface area contributed by atoms with Gasteiger partial charge in [-0.15, -0.1) is 15.3 Å². The van der Waals surface area contributed by atoms with E-state index in [4.69, 9.17) is 18.6 Å². The largest absolute Gasteiger partial charge is 0.497 e. The van der Waals surface area contributed by atoms with Crippen molar-refractivity contribution in [1.82, 2.24) is 25.1 Å². The summed E-state index contributed by atoms with van der Waals surface area (Å²) in [5.41, 5.74) is 0.755. The number of aromatic nitrogens is 4. The Hall–Kier alpha value is -4.93. The molecule has 0 saturated heterocycles. The van der Waals surface area contributed by atoms with Crippen molar-refractivity contribution in [3.63, 3.8) is 0 Å². The lowest BCUT2D eigenvalue weighted by Crippen LogP contribution is -2.31. The van der Waals surface area contributed by atoms with Crippen molar-refractivity contribution in [3.05, 3.63) is 76.6 Å². The van der Waals surface area contributed by atoms with E-state index in [1.54, 1.807) is 42.0 Å². The van der Waals surface area contributed by atoms with Crippen molar-refractivity contribution >= 4 is 22.5 Å². The van der Waals surface area contributed by atoms with E-state index in [0.29, 0.717) is 34.2 Å². The third kappa shape index (κ3) is 4.41. The molecule has 0 fully saturated rings. The zero-order valence-corrected chi connectivity index (χ0v) is 19.4. The summed E-state index contributed by atoms with van der Waals surface area (Å²) in [7, 11) is 3.07. The molecule has 2 aromatic carbocycles. The molecule has 3 aromatic heterocycles. The zero-order valence-electron chi connectivity index (χ0n) is 19.4. The SMILES string of the molecule is COc1cccc(-c2nnc3ccc(OCCNC(=O)c4cc5cccc(OC)c5oc4=O)nn23)c1. The zero-order chi connectivity index (χ0) is 25.1. The number of para-hydroxylation sites is 1. The maximum Gasteiger partial charge on any atom is 0.349 e. The Kier molecular flexibility index (Phi) is 6.18. The fraction of sp³-hybridized carbons (Fsp3) is 0.160. The molecule has 0 unspecified atom stereocenters. The highest BCUT2D eigenvalue weighted by Crippen LogP contribution is 2.25. The molecule has 1 amide bonds. The number of rotatable bonds is 8. The first-order valence-corrected chi connectivity index (χ1v) is 11.0. The van der Waals surface area contributed by atoms with Crippen LogP contribution in [0.25, 0.3) is 28.0 Å². The Labute approximate surface area is 204 Å². The molecule has 0 spiro atoms. The first-order valence-electron chi connectivity index (χ1n) is 11.0. The summed E-state index contributed by atoms with van der Waals surface area (Å²) in [6, 6.07) is 17.4. The lowest BCUT2D eigenvalue weighted by molar-refractivity contribution is 0.0943. The Morgan fingerprint density at radius 2 is 1.89 bits per heavy atom. The van der Waals surface area contributed by atoms with Crippen LogP contribution in [0.3, 0.4) is 0 Å². The molecule has 1 N–H and O–H groups in total. The Morgan fingerprint density at radius 3 is 2.72 bits per heavy atom. The van der Waals surface area contributed by atoms with E-state index in [-0.39, 0.29) is 24.3 Å². The van der Waals surface area contributed by atoms with Gasteiger partial charge in [-0.25, -0.2) is 4.79 Å². The van der Waals surface area contributed by atoms with Crippen LogP contribution in [0.4, 0.5) is 0 Å². The lowest BCUT2D eigenvalue weighted by atomic mass is 10.1. The number of hydrogen-bond donors (Lipinski definition) is 1. The van der Waals surface area contributed by atoms with Crippen molar-refractivity contribution < 1.29 is 23.4 Å². The van der Waals surface area contributed by atoms with E-state index < -0.39 is 11.5 Å². The van der Waals surface area contributed by atoms with E-state index in [1.165, 1.54) is 13.2 Å². The quantitative estimate of drug-likeness (QED) is 0.259. The smallest absolute Gasteiger partial charge is 0.349 e. The highest BCUT2D eigenvalue weighted by Gasteiger charge is 2.16. The first-order chi connectivity index (χ1) is 17.6. The molecule has 182 valence electrons. The summed E-state index contributed by atoms with van der Waals surface area (Å²) in [5.74, 6) is 1.38. The molecule has 5 aromatic rings. The lowest BCUT2D eigenvalue weighted by Gasteiger charge is -2.08. The van der Waals surface area contributed by atoms with Crippen molar-refractivity contribution in [3.8, 4) is 28.8 Å². The van der Waals surface area contributed by atoms with Gasteiger partial charge in [0, 0.05) is 17.0 Å². The van der Waals surface area contributed by atoms with E-state index in [0.717, 1.165) is 5.56 Å². The van der Waals surface area contributed by atoms with Crippen LogP contribution in [-0.4, -0.2) is 53.1 Å². The molecule has 3 heterocycles. The van der Waals surface area contributed by atoms with Crippen LogP contribution in [0.15, 0.2) is 69.9 Å². The number of ether oxygens (including phenoxy) is 3. The van der Waals surface area contributed by atoms with Gasteiger partial charge >= 0.3 is 5.63 Å². The fourth-order valence-electron chi connectivity index (χ4n) is 3.64. The maximum absolute atomic E-state index is 12.6. The van der Waals surface area contributed by atoms with E-state index in [9.17, 15) is 9.59 Å². The monoisotopic (exact) mass is 487 g/mol. The second kappa shape index (κ2) is 9.74. The summed E-state index contributed by atoms with van der Waals surface area (Å²) < 4.78 is 23.0. The normalized spacial score (nSPS) is 10.9. The van der Waals surface area contributed by atoms with E-state index >= 15 is 0 Å². The van der Waals surface area contributed by atoms with Gasteiger partial charge in [0.25, 0.3) is 5.91 Å². The minimum Gasteiger partial charge on any atom is -0.497 e. The average molecular weight is 487 g/mol. The van der Waals surface area contributed by atoms with Gasteiger partial charge < -0.3 is 23.9 Å². The van der Waals surface area contributed by atoms with Gasteiger partial charge in [-0.05, 0) is 30.3 Å². The number of nitrogens with one attached hydrogen (secondary N) is 1. The molecule has 0 aliphatic rings. The first kappa shape index (κ1) is 22.8. The molecular formula is C25H21N5O6. The van der Waals surface area contributed by atoms with Gasteiger partial charge in [-0.1, -0.05) is 24.3 Å². The minimum atomic E-state index is -0.754. The third-order valence-corrected chi connectivity index (χ3v) is 5.39. The van der Waals surface area contributed by atoms with Crippen LogP contribution in [0, 0.1) is 0 Å². The van der Waals surface area contributed by atoms with Gasteiger partial charge in [-0.3, -0.25) is 4.79 Å². The molecule has 0 atom stereocenters. The number of fused-ring (bicyclic) bond motifs is 2. The van der Waals surface area contributed by atoms with Crippen LogP contribution in [0.2, 0.25) is 0 Å². The van der Waals surface area contributed by atoms with Crippen molar-refractivity contribution in [1.29, 1.82) is 0 Å². The molecule has 0 bridgehead atoms. The van der Waals surface area contributed by atoms with Gasteiger partial charge in [-0.2, -0.15) is 4.52 Å². The van der Waals surface area contributed by atoms with Gasteiger partial charge in [0.05, 0.1) is 20.8 Å². The van der Waals surface area contributed by atoms with Crippen LogP contribution in [-0.2, 0) is 0 Å².